The van der Waals surface area contributed by atoms with Crippen molar-refractivity contribution in [3.8, 4) is 0 Å². The number of halogens is 1. The van der Waals surface area contributed by atoms with Crippen molar-refractivity contribution in [2.75, 3.05) is 18.4 Å². The Hall–Kier alpha value is -3.25. The van der Waals surface area contributed by atoms with E-state index >= 15 is 0 Å². The van der Waals surface area contributed by atoms with Gasteiger partial charge in [0.1, 0.15) is 5.82 Å². The van der Waals surface area contributed by atoms with Crippen molar-refractivity contribution in [1.82, 2.24) is 10.3 Å². The minimum Gasteiger partial charge on any atom is -0.481 e. The Kier molecular flexibility index (Phi) is 6.81. The minimum absolute atomic E-state index is 0.105. The lowest BCUT2D eigenvalue weighted by molar-refractivity contribution is -0.138. The van der Waals surface area contributed by atoms with Gasteiger partial charge in [0.15, 0.2) is 0 Å². The number of benzene rings is 2. The quantitative estimate of drug-likeness (QED) is 0.485. The predicted molar refractivity (Wildman–Crippen MR) is 123 cm³/mol. The number of nitrogens with zero attached hydrogens (tertiary/aromatic N) is 1. The molecule has 1 aliphatic rings. The van der Waals surface area contributed by atoms with E-state index in [-0.39, 0.29) is 11.9 Å². The van der Waals surface area contributed by atoms with E-state index in [0.717, 1.165) is 24.3 Å². The molecule has 0 aliphatic carbocycles. The number of nitrogens with one attached hydrogen (secondary N) is 2. The Bertz CT molecular complexity index is 1070. The summed E-state index contributed by atoms with van der Waals surface area (Å²) in [6, 6.07) is 19.2. The lowest BCUT2D eigenvalue weighted by Crippen LogP contribution is -2.37. The third-order valence-electron chi connectivity index (χ3n) is 6.24. The third-order valence-corrected chi connectivity index (χ3v) is 6.24. The third kappa shape index (κ3) is 4.97. The van der Waals surface area contributed by atoms with Gasteiger partial charge in [0.2, 0.25) is 0 Å². The molecule has 1 aromatic heterocycles. The summed E-state index contributed by atoms with van der Waals surface area (Å²) < 4.78 is 14.6. The van der Waals surface area contributed by atoms with Crippen LogP contribution in [0.25, 0.3) is 0 Å². The molecule has 1 unspecified atom stereocenters. The number of hydrogen-bond acceptors (Lipinski definition) is 4. The highest BCUT2D eigenvalue weighted by Crippen LogP contribution is 2.31. The van der Waals surface area contributed by atoms with Gasteiger partial charge in [-0.2, -0.15) is 0 Å². The first-order valence-electron chi connectivity index (χ1n) is 11.0. The van der Waals surface area contributed by atoms with E-state index in [1.807, 2.05) is 30.5 Å². The Morgan fingerprint density at radius 2 is 2.00 bits per heavy atom. The van der Waals surface area contributed by atoms with Crippen LogP contribution in [0.5, 0.6) is 0 Å². The summed E-state index contributed by atoms with van der Waals surface area (Å²) in [5, 5.41) is 16.3. The maximum Gasteiger partial charge on any atom is 0.310 e. The van der Waals surface area contributed by atoms with Crippen molar-refractivity contribution >= 4 is 11.7 Å². The maximum absolute atomic E-state index is 14.6. The zero-order chi connectivity index (χ0) is 22.5. The van der Waals surface area contributed by atoms with Crippen molar-refractivity contribution in [2.45, 2.75) is 31.7 Å². The summed E-state index contributed by atoms with van der Waals surface area (Å²) in [7, 11) is 0. The molecule has 3 N–H and O–H groups in total. The predicted octanol–water partition coefficient (Wildman–Crippen LogP) is 4.57. The lowest BCUT2D eigenvalue weighted by atomic mass is 9.86. The molecule has 0 radical (unpaired) electrons. The number of hydrogen-bond donors (Lipinski definition) is 3. The second kappa shape index (κ2) is 9.92. The van der Waals surface area contributed by atoms with Gasteiger partial charge in [-0.1, -0.05) is 42.5 Å². The smallest absolute Gasteiger partial charge is 0.310 e. The Balaban J connectivity index is 1.46. The lowest BCUT2D eigenvalue weighted by Gasteiger charge is -2.33. The molecule has 6 heteroatoms. The van der Waals surface area contributed by atoms with Gasteiger partial charge in [-0.25, -0.2) is 4.39 Å². The molecule has 0 bridgehead atoms. The monoisotopic (exact) mass is 433 g/mol. The van der Waals surface area contributed by atoms with Gasteiger partial charge in [0, 0.05) is 24.7 Å². The van der Waals surface area contributed by atoms with Crippen LogP contribution in [0.1, 0.15) is 41.3 Å². The van der Waals surface area contributed by atoms with Crippen molar-refractivity contribution in [2.24, 2.45) is 5.92 Å². The molecule has 1 aliphatic heterocycles. The molecule has 0 spiro atoms. The average molecular weight is 434 g/mol. The molecule has 4 rings (SSSR count). The number of carboxylic acid groups (broad SMARTS) is 1. The van der Waals surface area contributed by atoms with E-state index < -0.39 is 11.9 Å². The molecule has 0 fully saturated rings. The van der Waals surface area contributed by atoms with E-state index in [2.05, 4.69) is 33.8 Å². The molecule has 0 saturated carbocycles. The maximum atomic E-state index is 14.6. The summed E-state index contributed by atoms with van der Waals surface area (Å²) >= 11 is 0. The first-order chi connectivity index (χ1) is 15.5. The highest BCUT2D eigenvalue weighted by molar-refractivity contribution is 5.75. The second-order valence-corrected chi connectivity index (χ2v) is 8.35. The second-order valence-electron chi connectivity index (χ2n) is 8.35. The van der Waals surface area contributed by atoms with Crippen LogP contribution < -0.4 is 10.6 Å². The number of carboxylic acids is 1. The van der Waals surface area contributed by atoms with Crippen LogP contribution >= 0.6 is 0 Å². The normalized spacial score (nSPS) is 17.1. The highest BCUT2D eigenvalue weighted by atomic mass is 19.1. The number of aliphatic carboxylic acids is 1. The van der Waals surface area contributed by atoms with Crippen LogP contribution in [-0.2, 0) is 17.6 Å². The zero-order valence-electron chi connectivity index (χ0n) is 18.1. The van der Waals surface area contributed by atoms with E-state index in [1.54, 1.807) is 19.1 Å². The average Bonchev–Trinajstić information content (AvgIpc) is 2.82. The van der Waals surface area contributed by atoms with Crippen molar-refractivity contribution < 1.29 is 14.3 Å². The van der Waals surface area contributed by atoms with Crippen LogP contribution in [0.2, 0.25) is 0 Å². The molecule has 166 valence electrons. The number of anilines is 1. The minimum atomic E-state index is -0.957. The Labute approximate surface area is 187 Å². The van der Waals surface area contributed by atoms with E-state index in [4.69, 9.17) is 5.11 Å². The van der Waals surface area contributed by atoms with Gasteiger partial charge in [0.05, 0.1) is 17.3 Å². The fourth-order valence-corrected chi connectivity index (χ4v) is 4.32. The van der Waals surface area contributed by atoms with Crippen LogP contribution in [0.4, 0.5) is 10.1 Å². The van der Waals surface area contributed by atoms with Crippen LogP contribution in [0, 0.1) is 11.7 Å². The molecule has 2 heterocycles. The molecule has 2 aromatic carbocycles. The standard InChI is InChI=1S/C26H28FN3O2/c1-17(26(31)32)20-10-9-18(22(27)14-20)11-13-29-25(19-6-3-2-4-7-19)21-15-24-23(30-16-21)8-5-12-28-24/h2-10,12,14,17,21,25,29-30H,11,13,15-16H2,1H3,(H,31,32)/t17?,21-,25-/m1/s1. The fraction of sp³-hybridized carbons (Fsp3) is 0.308. The van der Waals surface area contributed by atoms with Crippen molar-refractivity contribution in [3.05, 3.63) is 95.1 Å². The first-order valence-corrected chi connectivity index (χ1v) is 11.0. The van der Waals surface area contributed by atoms with Gasteiger partial charge in [-0.15, -0.1) is 0 Å². The molecule has 3 aromatic rings. The fourth-order valence-electron chi connectivity index (χ4n) is 4.32. The van der Waals surface area contributed by atoms with E-state index in [1.165, 1.54) is 11.6 Å². The number of rotatable bonds is 8. The Morgan fingerprint density at radius 1 is 1.19 bits per heavy atom. The number of fused-ring (bicyclic) bond motifs is 1. The summed E-state index contributed by atoms with van der Waals surface area (Å²) in [4.78, 5) is 15.7. The summed E-state index contributed by atoms with van der Waals surface area (Å²) in [5.74, 6) is -1.73. The van der Waals surface area contributed by atoms with Gasteiger partial charge < -0.3 is 15.7 Å². The Morgan fingerprint density at radius 3 is 2.75 bits per heavy atom. The van der Waals surface area contributed by atoms with Gasteiger partial charge in [-0.3, -0.25) is 9.78 Å². The van der Waals surface area contributed by atoms with E-state index in [9.17, 15) is 9.18 Å². The topological polar surface area (TPSA) is 74.2 Å². The number of carbonyl (C=O) groups is 1. The molecule has 0 amide bonds. The van der Waals surface area contributed by atoms with Crippen molar-refractivity contribution in [3.63, 3.8) is 0 Å². The molecular formula is C26H28FN3O2. The SMILES string of the molecule is CC(C(=O)O)c1ccc(CCN[C@H](c2ccccc2)[C@H]2CNc3cccnc3C2)c(F)c1. The number of aromatic nitrogens is 1. The van der Waals surface area contributed by atoms with Gasteiger partial charge in [-0.05, 0) is 61.2 Å². The molecule has 32 heavy (non-hydrogen) atoms. The highest BCUT2D eigenvalue weighted by Gasteiger charge is 2.27. The van der Waals surface area contributed by atoms with Crippen LogP contribution in [0.3, 0.4) is 0 Å². The summed E-state index contributed by atoms with van der Waals surface area (Å²) in [5.41, 5.74) is 4.42. The molecule has 5 nitrogen and oxygen atoms in total. The van der Waals surface area contributed by atoms with Crippen LogP contribution in [0.15, 0.2) is 66.9 Å². The zero-order valence-corrected chi connectivity index (χ0v) is 18.1. The van der Waals surface area contributed by atoms with Gasteiger partial charge in [0.25, 0.3) is 0 Å². The largest absolute Gasteiger partial charge is 0.481 e. The number of pyridine rings is 1. The van der Waals surface area contributed by atoms with Gasteiger partial charge >= 0.3 is 5.97 Å². The molecular weight excluding hydrogens is 405 g/mol. The van der Waals surface area contributed by atoms with Crippen LogP contribution in [-0.4, -0.2) is 29.1 Å². The summed E-state index contributed by atoms with van der Waals surface area (Å²) in [6.07, 6.45) is 3.21. The molecule has 3 atom stereocenters. The molecule has 0 saturated heterocycles. The van der Waals surface area contributed by atoms with Crippen molar-refractivity contribution in [1.29, 1.82) is 0 Å². The van der Waals surface area contributed by atoms with E-state index in [0.29, 0.717) is 30.0 Å². The first kappa shape index (κ1) is 22.0. The summed E-state index contributed by atoms with van der Waals surface area (Å²) in [6.45, 7) is 3.01.